The van der Waals surface area contributed by atoms with Crippen LogP contribution in [0.1, 0.15) is 18.4 Å². The van der Waals surface area contributed by atoms with Crippen LogP contribution < -0.4 is 10.1 Å². The smallest absolute Gasteiger partial charge is 0.311 e. The van der Waals surface area contributed by atoms with Crippen LogP contribution in [0.2, 0.25) is 0 Å². The highest BCUT2D eigenvalue weighted by atomic mass is 32.2. The number of methoxy groups -OCH3 is 1. The minimum absolute atomic E-state index is 0.0855. The Morgan fingerprint density at radius 3 is 2.61 bits per heavy atom. The van der Waals surface area contributed by atoms with Gasteiger partial charge in [-0.3, -0.25) is 10.1 Å². The molecule has 0 radical (unpaired) electrons. The summed E-state index contributed by atoms with van der Waals surface area (Å²) in [7, 11) is -2.06. The van der Waals surface area contributed by atoms with Crippen molar-refractivity contribution in [3.63, 3.8) is 0 Å². The molecule has 0 aliphatic carbocycles. The van der Waals surface area contributed by atoms with Gasteiger partial charge in [0, 0.05) is 31.4 Å². The van der Waals surface area contributed by atoms with Crippen LogP contribution in [-0.4, -0.2) is 48.9 Å². The average Bonchev–Trinajstić information content (AvgIpc) is 2.68. The van der Waals surface area contributed by atoms with E-state index in [0.717, 1.165) is 5.56 Å². The van der Waals surface area contributed by atoms with Crippen molar-refractivity contribution in [3.8, 4) is 5.75 Å². The van der Waals surface area contributed by atoms with Gasteiger partial charge in [0.25, 0.3) is 0 Å². The highest BCUT2D eigenvalue weighted by molar-refractivity contribution is 7.89. The van der Waals surface area contributed by atoms with Crippen molar-refractivity contribution in [2.24, 2.45) is 0 Å². The van der Waals surface area contributed by atoms with Gasteiger partial charge in [0.1, 0.15) is 5.75 Å². The number of nitrogens with zero attached hydrogens (tertiary/aromatic N) is 3. The fourth-order valence-corrected chi connectivity index (χ4v) is 4.81. The molecule has 0 unspecified atom stereocenters. The van der Waals surface area contributed by atoms with Crippen LogP contribution >= 0.6 is 0 Å². The Labute approximate surface area is 163 Å². The average molecular weight is 406 g/mol. The van der Waals surface area contributed by atoms with Crippen LogP contribution in [0.15, 0.2) is 41.4 Å². The Kier molecular flexibility index (Phi) is 5.80. The molecule has 0 saturated carbocycles. The molecule has 1 aromatic carbocycles. The van der Waals surface area contributed by atoms with E-state index in [9.17, 15) is 18.5 Å². The first kappa shape index (κ1) is 20.0. The maximum absolute atomic E-state index is 12.9. The summed E-state index contributed by atoms with van der Waals surface area (Å²) in [6.07, 6.45) is 2.55. The summed E-state index contributed by atoms with van der Waals surface area (Å²) in [5, 5.41) is 14.2. The molecule has 9 nitrogen and oxygen atoms in total. The molecule has 2 heterocycles. The van der Waals surface area contributed by atoms with Gasteiger partial charge in [0.15, 0.2) is 0 Å². The molecule has 1 aromatic heterocycles. The lowest BCUT2D eigenvalue weighted by atomic mass is 10.1. The first-order chi connectivity index (χ1) is 13.3. The molecule has 0 amide bonds. The molecule has 1 fully saturated rings. The Morgan fingerprint density at radius 2 is 2.00 bits per heavy atom. The molecular formula is C18H22N4O5S. The molecule has 1 aliphatic rings. The van der Waals surface area contributed by atoms with E-state index in [4.69, 9.17) is 4.74 Å². The van der Waals surface area contributed by atoms with E-state index >= 15 is 0 Å². The molecule has 0 bridgehead atoms. The number of benzene rings is 1. The molecule has 150 valence electrons. The van der Waals surface area contributed by atoms with Crippen molar-refractivity contribution < 1.29 is 18.1 Å². The van der Waals surface area contributed by atoms with Crippen LogP contribution in [0.25, 0.3) is 0 Å². The van der Waals surface area contributed by atoms with Gasteiger partial charge < -0.3 is 10.1 Å². The summed E-state index contributed by atoms with van der Waals surface area (Å²) < 4.78 is 32.4. The van der Waals surface area contributed by atoms with Crippen molar-refractivity contribution in [1.82, 2.24) is 9.29 Å². The molecule has 1 N–H and O–H groups in total. The summed E-state index contributed by atoms with van der Waals surface area (Å²) in [5.41, 5.74) is 0.661. The van der Waals surface area contributed by atoms with E-state index in [2.05, 4.69) is 10.3 Å². The summed E-state index contributed by atoms with van der Waals surface area (Å²) in [4.78, 5) is 14.9. The van der Waals surface area contributed by atoms with Gasteiger partial charge in [-0.1, -0.05) is 0 Å². The number of nitrogens with one attached hydrogen (secondary N) is 1. The van der Waals surface area contributed by atoms with Crippen LogP contribution in [0.4, 0.5) is 11.5 Å². The maximum Gasteiger partial charge on any atom is 0.311 e. The summed E-state index contributed by atoms with van der Waals surface area (Å²) in [6.45, 7) is 2.45. The van der Waals surface area contributed by atoms with E-state index in [1.54, 1.807) is 32.2 Å². The van der Waals surface area contributed by atoms with E-state index in [1.807, 2.05) is 0 Å². The van der Waals surface area contributed by atoms with Gasteiger partial charge in [-0.25, -0.2) is 13.4 Å². The van der Waals surface area contributed by atoms with Crippen LogP contribution in [0, 0.1) is 17.0 Å². The van der Waals surface area contributed by atoms with E-state index < -0.39 is 14.9 Å². The largest absolute Gasteiger partial charge is 0.496 e. The lowest BCUT2D eigenvalue weighted by Gasteiger charge is -2.31. The zero-order valence-electron chi connectivity index (χ0n) is 15.7. The number of pyridine rings is 1. The Morgan fingerprint density at radius 1 is 1.29 bits per heavy atom. The van der Waals surface area contributed by atoms with Gasteiger partial charge in [0.05, 0.1) is 16.9 Å². The minimum atomic E-state index is -3.60. The first-order valence-electron chi connectivity index (χ1n) is 8.83. The first-order valence-corrected chi connectivity index (χ1v) is 10.3. The van der Waals surface area contributed by atoms with Crippen molar-refractivity contribution in [2.75, 3.05) is 25.5 Å². The second kappa shape index (κ2) is 8.11. The molecular weight excluding hydrogens is 384 g/mol. The number of hydrogen-bond donors (Lipinski definition) is 1. The SMILES string of the molecule is COc1ccc(S(=O)(=O)N2CCC(Nc3ncccc3[N+](=O)[O-])CC2)cc1C. The highest BCUT2D eigenvalue weighted by Crippen LogP contribution is 2.28. The second-order valence-corrected chi connectivity index (χ2v) is 8.52. The van der Waals surface area contributed by atoms with Crippen LogP contribution in [0.3, 0.4) is 0 Å². The molecule has 1 saturated heterocycles. The predicted molar refractivity (Wildman–Crippen MR) is 104 cm³/mol. The Bertz CT molecular complexity index is 972. The summed E-state index contributed by atoms with van der Waals surface area (Å²) in [6, 6.07) is 7.61. The number of anilines is 1. The molecule has 0 atom stereocenters. The standard InChI is InChI=1S/C18H22N4O5S/c1-13-12-15(5-6-17(13)27-2)28(25,26)21-10-7-14(8-11-21)20-18-16(22(23)24)4-3-9-19-18/h3-6,9,12,14H,7-8,10-11H2,1-2H3,(H,19,20). The number of rotatable bonds is 6. The monoisotopic (exact) mass is 406 g/mol. The predicted octanol–water partition coefficient (Wildman–Crippen LogP) is 2.57. The third-order valence-electron chi connectivity index (χ3n) is 4.78. The van der Waals surface area contributed by atoms with Crippen molar-refractivity contribution in [1.29, 1.82) is 0 Å². The zero-order chi connectivity index (χ0) is 20.3. The number of aryl methyl sites for hydroxylation is 1. The number of nitro groups is 1. The van der Waals surface area contributed by atoms with Crippen molar-refractivity contribution >= 4 is 21.5 Å². The number of hydrogen-bond acceptors (Lipinski definition) is 7. The van der Waals surface area contributed by atoms with E-state index in [-0.39, 0.29) is 22.4 Å². The molecule has 0 spiro atoms. The molecule has 1 aliphatic heterocycles. The summed E-state index contributed by atoms with van der Waals surface area (Å²) in [5.74, 6) is 0.846. The number of sulfonamides is 1. The molecule has 10 heteroatoms. The topological polar surface area (TPSA) is 115 Å². The minimum Gasteiger partial charge on any atom is -0.496 e. The van der Waals surface area contributed by atoms with Gasteiger partial charge >= 0.3 is 5.69 Å². The third kappa shape index (κ3) is 4.07. The number of piperidine rings is 1. The second-order valence-electron chi connectivity index (χ2n) is 6.58. The molecule has 28 heavy (non-hydrogen) atoms. The van der Waals surface area contributed by atoms with Gasteiger partial charge in [-0.05, 0) is 49.6 Å². The van der Waals surface area contributed by atoms with Gasteiger partial charge in [-0.15, -0.1) is 0 Å². The van der Waals surface area contributed by atoms with Crippen LogP contribution in [0.5, 0.6) is 5.75 Å². The molecule has 2 aromatic rings. The lowest BCUT2D eigenvalue weighted by Crippen LogP contribution is -2.42. The highest BCUT2D eigenvalue weighted by Gasteiger charge is 2.30. The van der Waals surface area contributed by atoms with Crippen molar-refractivity contribution in [3.05, 3.63) is 52.2 Å². The Balaban J connectivity index is 1.68. The number of ether oxygens (including phenoxy) is 1. The van der Waals surface area contributed by atoms with Gasteiger partial charge in [0.2, 0.25) is 15.8 Å². The fraction of sp³-hybridized carbons (Fsp3) is 0.389. The summed E-state index contributed by atoms with van der Waals surface area (Å²) >= 11 is 0. The van der Waals surface area contributed by atoms with Crippen molar-refractivity contribution in [2.45, 2.75) is 30.7 Å². The maximum atomic E-state index is 12.9. The quantitative estimate of drug-likeness (QED) is 0.579. The molecule has 3 rings (SSSR count). The zero-order valence-corrected chi connectivity index (χ0v) is 16.5. The van der Waals surface area contributed by atoms with Gasteiger partial charge in [-0.2, -0.15) is 4.31 Å². The van der Waals surface area contributed by atoms with Crippen LogP contribution in [-0.2, 0) is 10.0 Å². The number of aromatic nitrogens is 1. The third-order valence-corrected chi connectivity index (χ3v) is 6.68. The normalized spacial score (nSPS) is 15.9. The lowest BCUT2D eigenvalue weighted by molar-refractivity contribution is -0.384. The Hall–Kier alpha value is -2.72. The van der Waals surface area contributed by atoms with E-state index in [1.165, 1.54) is 22.6 Å². The van der Waals surface area contributed by atoms with E-state index in [0.29, 0.717) is 31.7 Å². The fourth-order valence-electron chi connectivity index (χ4n) is 3.25.